The summed E-state index contributed by atoms with van der Waals surface area (Å²) >= 11 is 0. The topological polar surface area (TPSA) is 87.7 Å². The molecule has 2 atom stereocenters. The van der Waals surface area contributed by atoms with E-state index in [1.165, 1.54) is 16.4 Å². The minimum atomic E-state index is -3.54. The summed E-state index contributed by atoms with van der Waals surface area (Å²) in [5, 5.41) is 6.10. The molecule has 1 heterocycles. The van der Waals surface area contributed by atoms with Gasteiger partial charge in [0.2, 0.25) is 15.9 Å². The quantitative estimate of drug-likeness (QED) is 0.722. The number of sulfonamides is 1. The maximum atomic E-state index is 12.7. The highest BCUT2D eigenvalue weighted by molar-refractivity contribution is 7.89. The van der Waals surface area contributed by atoms with Crippen LogP contribution in [0.3, 0.4) is 0 Å². The summed E-state index contributed by atoms with van der Waals surface area (Å²) in [6, 6.07) is 15.8. The molecule has 0 saturated carbocycles. The van der Waals surface area contributed by atoms with Crippen LogP contribution in [0, 0.1) is 0 Å². The van der Waals surface area contributed by atoms with Crippen molar-refractivity contribution in [2.45, 2.75) is 30.8 Å². The molecular formula is C21H27N3O4S. The first-order valence-electron chi connectivity index (χ1n) is 9.68. The molecule has 0 aromatic heterocycles. The monoisotopic (exact) mass is 417 g/mol. The Balaban J connectivity index is 1.59. The second-order valence-corrected chi connectivity index (χ2v) is 8.99. The van der Waals surface area contributed by atoms with Crippen LogP contribution in [0.25, 0.3) is 0 Å². The van der Waals surface area contributed by atoms with E-state index in [0.717, 1.165) is 5.56 Å². The lowest BCUT2D eigenvalue weighted by Crippen LogP contribution is -2.40. The number of morpholine rings is 1. The highest BCUT2D eigenvalue weighted by Gasteiger charge is 2.26. The van der Waals surface area contributed by atoms with Gasteiger partial charge in [0, 0.05) is 24.8 Å². The van der Waals surface area contributed by atoms with Crippen LogP contribution in [0.15, 0.2) is 59.5 Å². The summed E-state index contributed by atoms with van der Waals surface area (Å²) in [4.78, 5) is 12.7. The lowest BCUT2D eigenvalue weighted by molar-refractivity contribution is -0.117. The van der Waals surface area contributed by atoms with Crippen molar-refractivity contribution in [1.29, 1.82) is 0 Å². The Morgan fingerprint density at radius 2 is 1.62 bits per heavy atom. The van der Waals surface area contributed by atoms with Crippen molar-refractivity contribution in [3.05, 3.63) is 60.2 Å². The van der Waals surface area contributed by atoms with Gasteiger partial charge in [0.25, 0.3) is 0 Å². The van der Waals surface area contributed by atoms with E-state index in [1.807, 2.05) is 37.3 Å². The minimum Gasteiger partial charge on any atom is -0.379 e. The maximum absolute atomic E-state index is 12.7. The molecular weight excluding hydrogens is 390 g/mol. The van der Waals surface area contributed by atoms with E-state index in [2.05, 4.69) is 10.6 Å². The van der Waals surface area contributed by atoms with E-state index in [0.29, 0.717) is 32.0 Å². The van der Waals surface area contributed by atoms with Crippen molar-refractivity contribution < 1.29 is 17.9 Å². The molecule has 8 heteroatoms. The molecule has 3 rings (SSSR count). The van der Waals surface area contributed by atoms with E-state index in [4.69, 9.17) is 4.74 Å². The van der Waals surface area contributed by atoms with E-state index in [-0.39, 0.29) is 16.8 Å². The summed E-state index contributed by atoms with van der Waals surface area (Å²) < 4.78 is 31.9. The number of amides is 1. The number of rotatable bonds is 7. The van der Waals surface area contributed by atoms with Gasteiger partial charge in [-0.3, -0.25) is 10.1 Å². The van der Waals surface area contributed by atoms with Crippen LogP contribution in [0.1, 0.15) is 25.5 Å². The lowest BCUT2D eigenvalue weighted by atomic mass is 10.1. The highest BCUT2D eigenvalue weighted by Crippen LogP contribution is 2.20. The third-order valence-corrected chi connectivity index (χ3v) is 6.84. The van der Waals surface area contributed by atoms with Crippen LogP contribution in [0.5, 0.6) is 0 Å². The SMILES string of the molecule is C[C@H](N[C@H](C)C(=O)Nc1ccc(S(=O)(=O)N2CCOCC2)cc1)c1ccccc1. The lowest BCUT2D eigenvalue weighted by Gasteiger charge is -2.26. The van der Waals surface area contributed by atoms with Crippen LogP contribution in [-0.2, 0) is 19.6 Å². The molecule has 29 heavy (non-hydrogen) atoms. The fraction of sp³-hybridized carbons (Fsp3) is 0.381. The van der Waals surface area contributed by atoms with Gasteiger partial charge in [-0.1, -0.05) is 30.3 Å². The Morgan fingerprint density at radius 3 is 2.24 bits per heavy atom. The molecule has 1 saturated heterocycles. The number of carbonyl (C=O) groups excluding carboxylic acids is 1. The van der Waals surface area contributed by atoms with Crippen LogP contribution >= 0.6 is 0 Å². The average molecular weight is 418 g/mol. The van der Waals surface area contributed by atoms with E-state index >= 15 is 0 Å². The number of nitrogens with one attached hydrogen (secondary N) is 2. The molecule has 156 valence electrons. The number of benzene rings is 2. The Labute approximate surface area is 172 Å². The molecule has 2 aromatic rings. The summed E-state index contributed by atoms with van der Waals surface area (Å²) in [6.45, 7) is 5.31. The highest BCUT2D eigenvalue weighted by atomic mass is 32.2. The molecule has 7 nitrogen and oxygen atoms in total. The van der Waals surface area contributed by atoms with Crippen LogP contribution < -0.4 is 10.6 Å². The van der Waals surface area contributed by atoms with Crippen molar-refractivity contribution in [3.8, 4) is 0 Å². The largest absolute Gasteiger partial charge is 0.379 e. The van der Waals surface area contributed by atoms with Crippen LogP contribution in [-0.4, -0.2) is 51.0 Å². The molecule has 0 unspecified atom stereocenters. The third-order valence-electron chi connectivity index (χ3n) is 4.92. The van der Waals surface area contributed by atoms with Crippen molar-refractivity contribution >= 4 is 21.6 Å². The van der Waals surface area contributed by atoms with Gasteiger partial charge in [-0.2, -0.15) is 4.31 Å². The van der Waals surface area contributed by atoms with Gasteiger partial charge in [0.1, 0.15) is 0 Å². The van der Waals surface area contributed by atoms with Gasteiger partial charge in [-0.05, 0) is 43.7 Å². The summed E-state index contributed by atoms with van der Waals surface area (Å²) in [5.41, 5.74) is 1.65. The Hall–Kier alpha value is -2.26. The predicted molar refractivity (Wildman–Crippen MR) is 112 cm³/mol. The molecule has 1 amide bonds. The zero-order valence-electron chi connectivity index (χ0n) is 16.7. The Kier molecular flexibility index (Phi) is 7.02. The third kappa shape index (κ3) is 5.42. The van der Waals surface area contributed by atoms with Gasteiger partial charge in [-0.25, -0.2) is 8.42 Å². The number of ether oxygens (including phenoxy) is 1. The van der Waals surface area contributed by atoms with Crippen molar-refractivity contribution in [2.24, 2.45) is 0 Å². The standard InChI is InChI=1S/C21H27N3O4S/c1-16(18-6-4-3-5-7-18)22-17(2)21(25)23-19-8-10-20(11-9-19)29(26,27)24-12-14-28-15-13-24/h3-11,16-17,22H,12-15H2,1-2H3,(H,23,25)/t16-,17+/m0/s1. The van der Waals surface area contributed by atoms with Crippen LogP contribution in [0.2, 0.25) is 0 Å². The van der Waals surface area contributed by atoms with Gasteiger partial charge >= 0.3 is 0 Å². The second kappa shape index (κ2) is 9.49. The zero-order chi connectivity index (χ0) is 20.9. The molecule has 2 aromatic carbocycles. The second-order valence-electron chi connectivity index (χ2n) is 7.05. The van der Waals surface area contributed by atoms with E-state index < -0.39 is 16.1 Å². The summed E-state index contributed by atoms with van der Waals surface area (Å²) in [5.74, 6) is -0.184. The summed E-state index contributed by atoms with van der Waals surface area (Å²) in [7, 11) is -3.54. The first-order valence-corrected chi connectivity index (χ1v) is 11.1. The van der Waals surface area contributed by atoms with Crippen LogP contribution in [0.4, 0.5) is 5.69 Å². The molecule has 0 aliphatic carbocycles. The van der Waals surface area contributed by atoms with Crippen molar-refractivity contribution in [3.63, 3.8) is 0 Å². The Morgan fingerprint density at radius 1 is 1.00 bits per heavy atom. The number of anilines is 1. The molecule has 0 spiro atoms. The molecule has 1 fully saturated rings. The van der Waals surface area contributed by atoms with Gasteiger partial charge in [-0.15, -0.1) is 0 Å². The Bertz CT molecular complexity index is 911. The maximum Gasteiger partial charge on any atom is 0.243 e. The van der Waals surface area contributed by atoms with Gasteiger partial charge in [0.15, 0.2) is 0 Å². The fourth-order valence-electron chi connectivity index (χ4n) is 3.19. The number of carbonyl (C=O) groups is 1. The molecule has 0 radical (unpaired) electrons. The smallest absolute Gasteiger partial charge is 0.243 e. The van der Waals surface area contributed by atoms with Crippen molar-refractivity contribution in [2.75, 3.05) is 31.6 Å². The van der Waals surface area contributed by atoms with E-state index in [9.17, 15) is 13.2 Å². The predicted octanol–water partition coefficient (Wildman–Crippen LogP) is 2.39. The normalized spacial score (nSPS) is 17.4. The van der Waals surface area contributed by atoms with Gasteiger partial charge < -0.3 is 10.1 Å². The number of nitrogens with zero attached hydrogens (tertiary/aromatic N) is 1. The zero-order valence-corrected chi connectivity index (χ0v) is 17.5. The number of hydrogen-bond acceptors (Lipinski definition) is 5. The molecule has 1 aliphatic rings. The fourth-order valence-corrected chi connectivity index (χ4v) is 4.59. The van der Waals surface area contributed by atoms with Crippen molar-refractivity contribution in [1.82, 2.24) is 9.62 Å². The number of hydrogen-bond donors (Lipinski definition) is 2. The van der Waals surface area contributed by atoms with E-state index in [1.54, 1.807) is 19.1 Å². The first kappa shape index (κ1) is 21.4. The minimum absolute atomic E-state index is 0.0259. The van der Waals surface area contributed by atoms with Gasteiger partial charge in [0.05, 0.1) is 24.2 Å². The molecule has 1 aliphatic heterocycles. The summed E-state index contributed by atoms with van der Waals surface area (Å²) in [6.07, 6.45) is 0. The first-order chi connectivity index (χ1) is 13.9. The molecule has 0 bridgehead atoms. The molecule has 2 N–H and O–H groups in total. The average Bonchev–Trinajstić information content (AvgIpc) is 2.75.